The number of hydrogen-bond donors (Lipinski definition) is 3. The van der Waals surface area contributed by atoms with Gasteiger partial charge in [0.15, 0.2) is 0 Å². The molecule has 0 fully saturated rings. The summed E-state index contributed by atoms with van der Waals surface area (Å²) in [7, 11) is 0. The lowest BCUT2D eigenvalue weighted by atomic mass is 10.0. The van der Waals surface area contributed by atoms with E-state index in [4.69, 9.17) is 5.11 Å². The second kappa shape index (κ2) is 4.75. The van der Waals surface area contributed by atoms with E-state index < -0.39 is 24.1 Å². The Hall–Kier alpha value is -1.62. The quantitative estimate of drug-likeness (QED) is 0.712. The molecule has 0 aliphatic carbocycles. The second-order valence-electron chi connectivity index (χ2n) is 3.23. The van der Waals surface area contributed by atoms with Crippen LogP contribution in [0.5, 0.6) is 0 Å². The van der Waals surface area contributed by atoms with Gasteiger partial charge in [-0.3, -0.25) is 0 Å². The second-order valence-corrected chi connectivity index (χ2v) is 3.23. The van der Waals surface area contributed by atoms with Crippen molar-refractivity contribution in [2.75, 3.05) is 0 Å². The third kappa shape index (κ3) is 3.21. The molecule has 1 amide bonds. The van der Waals surface area contributed by atoms with Crippen molar-refractivity contribution >= 4 is 6.09 Å². The third-order valence-electron chi connectivity index (χ3n) is 2.04. The number of nitrogens with one attached hydrogen (secondary N) is 1. The normalized spacial score (nSPS) is 14.3. The minimum absolute atomic E-state index is 0.398. The van der Waals surface area contributed by atoms with E-state index in [0.29, 0.717) is 5.56 Å². The van der Waals surface area contributed by atoms with Crippen LogP contribution in [0.15, 0.2) is 24.3 Å². The van der Waals surface area contributed by atoms with Gasteiger partial charge in [0.1, 0.15) is 5.82 Å². The van der Waals surface area contributed by atoms with Gasteiger partial charge < -0.3 is 15.5 Å². The van der Waals surface area contributed by atoms with E-state index in [1.54, 1.807) is 0 Å². The number of aliphatic hydroxyl groups excluding tert-OH is 1. The molecule has 1 rings (SSSR count). The number of hydrogen-bond acceptors (Lipinski definition) is 2. The molecule has 1 aromatic rings. The molecule has 0 saturated carbocycles. The van der Waals surface area contributed by atoms with Gasteiger partial charge in [-0.25, -0.2) is 9.18 Å². The first-order valence-corrected chi connectivity index (χ1v) is 4.43. The Balaban J connectivity index is 2.71. The van der Waals surface area contributed by atoms with Crippen molar-refractivity contribution in [3.8, 4) is 0 Å². The van der Waals surface area contributed by atoms with Gasteiger partial charge in [0.25, 0.3) is 0 Å². The Kier molecular flexibility index (Phi) is 3.62. The van der Waals surface area contributed by atoms with Crippen molar-refractivity contribution in [2.45, 2.75) is 19.1 Å². The summed E-state index contributed by atoms with van der Waals surface area (Å²) in [4.78, 5) is 10.3. The summed E-state index contributed by atoms with van der Waals surface area (Å²) in [6.45, 7) is 1.53. The van der Waals surface area contributed by atoms with Crippen LogP contribution in [0, 0.1) is 5.82 Å². The van der Waals surface area contributed by atoms with Gasteiger partial charge in [-0.1, -0.05) is 12.1 Å². The van der Waals surface area contributed by atoms with Crippen LogP contribution in [0.2, 0.25) is 0 Å². The Morgan fingerprint density at radius 1 is 1.40 bits per heavy atom. The zero-order valence-electron chi connectivity index (χ0n) is 8.14. The number of halogens is 1. The van der Waals surface area contributed by atoms with E-state index in [2.05, 4.69) is 5.32 Å². The molecule has 1 aromatic carbocycles. The van der Waals surface area contributed by atoms with E-state index >= 15 is 0 Å². The molecule has 0 aromatic heterocycles. The summed E-state index contributed by atoms with van der Waals surface area (Å²) in [5.74, 6) is -0.398. The summed E-state index contributed by atoms with van der Waals surface area (Å²) >= 11 is 0. The van der Waals surface area contributed by atoms with Crippen LogP contribution in [0.25, 0.3) is 0 Å². The van der Waals surface area contributed by atoms with Crippen LogP contribution in [0.1, 0.15) is 18.6 Å². The number of carbonyl (C=O) groups is 1. The molecule has 0 aliphatic rings. The van der Waals surface area contributed by atoms with E-state index in [9.17, 15) is 14.3 Å². The minimum Gasteiger partial charge on any atom is -0.465 e. The predicted octanol–water partition coefficient (Wildman–Crippen LogP) is 1.52. The maximum Gasteiger partial charge on any atom is 0.404 e. The molecule has 0 spiro atoms. The zero-order chi connectivity index (χ0) is 11.4. The largest absolute Gasteiger partial charge is 0.465 e. The molecule has 5 heteroatoms. The maximum absolute atomic E-state index is 12.6. The van der Waals surface area contributed by atoms with Crippen LogP contribution >= 0.6 is 0 Å². The van der Waals surface area contributed by atoms with E-state index in [-0.39, 0.29) is 0 Å². The van der Waals surface area contributed by atoms with Crippen LogP contribution in [-0.4, -0.2) is 22.3 Å². The molecule has 4 nitrogen and oxygen atoms in total. The Morgan fingerprint density at radius 2 is 1.93 bits per heavy atom. The van der Waals surface area contributed by atoms with Crippen molar-refractivity contribution < 1.29 is 19.4 Å². The van der Waals surface area contributed by atoms with Gasteiger partial charge in [-0.2, -0.15) is 0 Å². The summed E-state index contributed by atoms with van der Waals surface area (Å²) in [5, 5.41) is 20.3. The molecular formula is C10H12FNO3. The molecule has 0 saturated heterocycles. The Morgan fingerprint density at radius 3 is 2.40 bits per heavy atom. The molecule has 15 heavy (non-hydrogen) atoms. The maximum atomic E-state index is 12.6. The van der Waals surface area contributed by atoms with Gasteiger partial charge in [0.05, 0.1) is 12.1 Å². The first kappa shape index (κ1) is 11.5. The summed E-state index contributed by atoms with van der Waals surface area (Å²) < 4.78 is 12.6. The van der Waals surface area contributed by atoms with Gasteiger partial charge in [0.2, 0.25) is 0 Å². The van der Waals surface area contributed by atoms with Crippen LogP contribution in [-0.2, 0) is 0 Å². The zero-order valence-corrected chi connectivity index (χ0v) is 8.14. The average Bonchev–Trinajstić information content (AvgIpc) is 2.17. The highest BCUT2D eigenvalue weighted by atomic mass is 19.1. The molecular weight excluding hydrogens is 201 g/mol. The highest BCUT2D eigenvalue weighted by Crippen LogP contribution is 2.16. The molecule has 0 bridgehead atoms. The van der Waals surface area contributed by atoms with Crippen molar-refractivity contribution in [3.63, 3.8) is 0 Å². The van der Waals surface area contributed by atoms with E-state index in [0.717, 1.165) is 0 Å². The molecule has 0 aliphatic heterocycles. The standard InChI is InChI=1S/C10H12FNO3/c1-6(12-10(14)15)9(13)7-2-4-8(11)5-3-7/h2-6,9,12-13H,1H3,(H,14,15)/t6-,9?/m0/s1. The molecule has 82 valence electrons. The van der Waals surface area contributed by atoms with Crippen molar-refractivity contribution in [1.82, 2.24) is 5.32 Å². The van der Waals surface area contributed by atoms with Crippen molar-refractivity contribution in [1.29, 1.82) is 0 Å². The number of benzene rings is 1. The van der Waals surface area contributed by atoms with Gasteiger partial charge in [-0.15, -0.1) is 0 Å². The SMILES string of the molecule is C[C@H](NC(=O)O)C(O)c1ccc(F)cc1. The Bertz CT molecular complexity index is 339. The van der Waals surface area contributed by atoms with Crippen molar-refractivity contribution in [3.05, 3.63) is 35.6 Å². The molecule has 1 unspecified atom stereocenters. The highest BCUT2D eigenvalue weighted by Gasteiger charge is 2.17. The van der Waals surface area contributed by atoms with Crippen LogP contribution < -0.4 is 5.32 Å². The number of carboxylic acid groups (broad SMARTS) is 1. The first-order valence-electron chi connectivity index (χ1n) is 4.43. The summed E-state index contributed by atoms with van der Waals surface area (Å²) in [6.07, 6.45) is -2.19. The lowest BCUT2D eigenvalue weighted by molar-refractivity contribution is 0.127. The fourth-order valence-corrected chi connectivity index (χ4v) is 1.22. The number of aliphatic hydroxyl groups is 1. The summed E-state index contributed by atoms with van der Waals surface area (Å²) in [6, 6.07) is 4.62. The van der Waals surface area contributed by atoms with Crippen LogP contribution in [0.3, 0.4) is 0 Å². The molecule has 0 radical (unpaired) electrons. The lowest BCUT2D eigenvalue weighted by Gasteiger charge is -2.18. The van der Waals surface area contributed by atoms with Crippen LogP contribution in [0.4, 0.5) is 9.18 Å². The Labute approximate surface area is 86.4 Å². The van der Waals surface area contributed by atoms with Gasteiger partial charge >= 0.3 is 6.09 Å². The van der Waals surface area contributed by atoms with E-state index in [1.165, 1.54) is 31.2 Å². The van der Waals surface area contributed by atoms with Crippen molar-refractivity contribution in [2.24, 2.45) is 0 Å². The fourth-order valence-electron chi connectivity index (χ4n) is 1.22. The number of amides is 1. The number of rotatable bonds is 3. The molecule has 3 N–H and O–H groups in total. The first-order chi connectivity index (χ1) is 7.00. The fraction of sp³-hybridized carbons (Fsp3) is 0.300. The molecule has 0 heterocycles. The van der Waals surface area contributed by atoms with E-state index in [1.807, 2.05) is 0 Å². The van der Waals surface area contributed by atoms with Gasteiger partial charge in [0, 0.05) is 0 Å². The third-order valence-corrected chi connectivity index (χ3v) is 2.04. The smallest absolute Gasteiger partial charge is 0.404 e. The monoisotopic (exact) mass is 213 g/mol. The topological polar surface area (TPSA) is 69.6 Å². The minimum atomic E-state index is -1.20. The predicted molar refractivity (Wildman–Crippen MR) is 52.0 cm³/mol. The summed E-state index contributed by atoms with van der Waals surface area (Å²) in [5.41, 5.74) is 0.470. The molecule has 2 atom stereocenters. The highest BCUT2D eigenvalue weighted by molar-refractivity contribution is 5.64. The lowest BCUT2D eigenvalue weighted by Crippen LogP contribution is -2.35. The van der Waals surface area contributed by atoms with Gasteiger partial charge in [-0.05, 0) is 24.6 Å². The average molecular weight is 213 g/mol.